The number of nitrogens with one attached hydrogen (secondary N) is 1. The van der Waals surface area contributed by atoms with Gasteiger partial charge >= 0.3 is 0 Å². The zero-order chi connectivity index (χ0) is 13.1. The molecule has 0 fully saturated rings. The van der Waals surface area contributed by atoms with Crippen molar-refractivity contribution in [3.63, 3.8) is 0 Å². The summed E-state index contributed by atoms with van der Waals surface area (Å²) in [7, 11) is 0. The molecule has 0 aliphatic rings. The van der Waals surface area contributed by atoms with E-state index in [4.69, 9.17) is 0 Å². The number of carbonyl (C=O) groups is 1. The molecule has 1 amide bonds. The normalized spacial score (nSPS) is 10.1. The summed E-state index contributed by atoms with van der Waals surface area (Å²) in [5.41, 5.74) is 0.785. The Kier molecular flexibility index (Phi) is 3.28. The summed E-state index contributed by atoms with van der Waals surface area (Å²) in [5.74, 6) is -1.98. The Morgan fingerprint density at radius 3 is 2.50 bits per heavy atom. The van der Waals surface area contributed by atoms with E-state index in [1.165, 1.54) is 12.1 Å². The van der Waals surface area contributed by atoms with Crippen LogP contribution in [-0.2, 0) is 0 Å². The van der Waals surface area contributed by atoms with Crippen LogP contribution in [0, 0.1) is 12.7 Å². The summed E-state index contributed by atoms with van der Waals surface area (Å²) in [6.07, 6.45) is 0. The average molecular weight is 245 g/mol. The molecule has 0 radical (unpaired) electrons. The number of rotatable bonds is 2. The third-order valence-corrected chi connectivity index (χ3v) is 2.59. The fraction of sp³-hybridized carbons (Fsp3) is 0.0714. The van der Waals surface area contributed by atoms with E-state index in [0.29, 0.717) is 11.3 Å². The summed E-state index contributed by atoms with van der Waals surface area (Å²) in [4.78, 5) is 11.8. The van der Waals surface area contributed by atoms with Crippen molar-refractivity contribution in [2.45, 2.75) is 6.92 Å². The van der Waals surface area contributed by atoms with Crippen molar-refractivity contribution >= 4 is 11.6 Å². The number of carbonyl (C=O) groups excluding carboxylic acids is 1. The Bertz CT molecular complexity index is 582. The summed E-state index contributed by atoms with van der Waals surface area (Å²) in [5, 5.41) is 12.0. The van der Waals surface area contributed by atoms with E-state index in [2.05, 4.69) is 5.32 Å². The molecule has 18 heavy (non-hydrogen) atoms. The zero-order valence-electron chi connectivity index (χ0n) is 9.77. The van der Waals surface area contributed by atoms with Crippen molar-refractivity contribution < 1.29 is 14.3 Å². The van der Waals surface area contributed by atoms with Gasteiger partial charge in [0.25, 0.3) is 5.91 Å². The van der Waals surface area contributed by atoms with Crippen molar-refractivity contribution in [2.24, 2.45) is 0 Å². The molecule has 4 heteroatoms. The van der Waals surface area contributed by atoms with Crippen LogP contribution in [0.15, 0.2) is 42.5 Å². The average Bonchev–Trinajstić information content (AvgIpc) is 2.37. The highest BCUT2D eigenvalue weighted by molar-refractivity contribution is 6.04. The molecule has 2 aromatic rings. The van der Waals surface area contributed by atoms with Gasteiger partial charge in [-0.15, -0.1) is 0 Å². The lowest BCUT2D eigenvalue weighted by atomic mass is 10.1. The molecule has 92 valence electrons. The van der Waals surface area contributed by atoms with E-state index in [1.807, 2.05) is 6.07 Å². The van der Waals surface area contributed by atoms with Crippen LogP contribution in [0.2, 0.25) is 0 Å². The smallest absolute Gasteiger partial charge is 0.258 e. The third-order valence-electron chi connectivity index (χ3n) is 2.59. The van der Waals surface area contributed by atoms with Gasteiger partial charge in [0.2, 0.25) is 0 Å². The van der Waals surface area contributed by atoms with Crippen LogP contribution >= 0.6 is 0 Å². The number of phenolic OH excluding ortho intramolecular Hbond substituents is 1. The van der Waals surface area contributed by atoms with Gasteiger partial charge in [-0.3, -0.25) is 4.79 Å². The van der Waals surface area contributed by atoms with Gasteiger partial charge < -0.3 is 10.4 Å². The molecule has 0 atom stereocenters. The molecule has 2 N–H and O–H groups in total. The zero-order valence-corrected chi connectivity index (χ0v) is 9.77. The van der Waals surface area contributed by atoms with E-state index >= 15 is 0 Å². The molecule has 0 bridgehead atoms. The van der Waals surface area contributed by atoms with E-state index < -0.39 is 17.5 Å². The number of anilines is 1. The molecule has 0 unspecified atom stereocenters. The molecule has 0 spiro atoms. The first kappa shape index (κ1) is 12.1. The quantitative estimate of drug-likeness (QED) is 0.854. The SMILES string of the molecule is Cc1ccc(C(=O)Nc2ccccc2)c(F)c1O. The Hall–Kier alpha value is -2.36. The van der Waals surface area contributed by atoms with Crippen LogP contribution in [-0.4, -0.2) is 11.0 Å². The largest absolute Gasteiger partial charge is 0.505 e. The van der Waals surface area contributed by atoms with E-state index in [0.717, 1.165) is 0 Å². The molecular formula is C14H12FNO2. The number of para-hydroxylation sites is 1. The summed E-state index contributed by atoms with van der Waals surface area (Å²) >= 11 is 0. The number of aryl methyl sites for hydroxylation is 1. The van der Waals surface area contributed by atoms with Crippen LogP contribution in [0.25, 0.3) is 0 Å². The molecule has 0 saturated carbocycles. The number of phenols is 1. The van der Waals surface area contributed by atoms with Gasteiger partial charge in [-0.2, -0.15) is 0 Å². The van der Waals surface area contributed by atoms with Gasteiger partial charge in [-0.25, -0.2) is 4.39 Å². The van der Waals surface area contributed by atoms with Crippen LogP contribution in [0.4, 0.5) is 10.1 Å². The molecule has 0 aliphatic carbocycles. The first-order valence-electron chi connectivity index (χ1n) is 5.44. The van der Waals surface area contributed by atoms with Crippen molar-refractivity contribution in [1.29, 1.82) is 0 Å². The maximum absolute atomic E-state index is 13.7. The van der Waals surface area contributed by atoms with E-state index in [1.54, 1.807) is 31.2 Å². The number of hydrogen-bond donors (Lipinski definition) is 2. The van der Waals surface area contributed by atoms with Crippen LogP contribution in [0.1, 0.15) is 15.9 Å². The Balaban J connectivity index is 2.28. The standard InChI is InChI=1S/C14H12FNO2/c1-9-7-8-11(12(15)13(9)17)14(18)16-10-5-3-2-4-6-10/h2-8,17H,1H3,(H,16,18). The number of hydrogen-bond acceptors (Lipinski definition) is 2. The monoisotopic (exact) mass is 245 g/mol. The first-order chi connectivity index (χ1) is 8.59. The van der Waals surface area contributed by atoms with Crippen molar-refractivity contribution in [3.8, 4) is 5.75 Å². The molecule has 2 rings (SSSR count). The predicted octanol–water partition coefficient (Wildman–Crippen LogP) is 3.09. The van der Waals surface area contributed by atoms with Gasteiger partial charge in [0.05, 0.1) is 5.56 Å². The number of amides is 1. The first-order valence-corrected chi connectivity index (χ1v) is 5.44. The molecule has 0 saturated heterocycles. The lowest BCUT2D eigenvalue weighted by molar-refractivity contribution is 0.102. The van der Waals surface area contributed by atoms with Crippen molar-refractivity contribution in [2.75, 3.05) is 5.32 Å². The van der Waals surface area contributed by atoms with Crippen molar-refractivity contribution in [3.05, 3.63) is 59.4 Å². The highest BCUT2D eigenvalue weighted by Crippen LogP contribution is 2.24. The Morgan fingerprint density at radius 2 is 1.83 bits per heavy atom. The van der Waals surface area contributed by atoms with Crippen LogP contribution < -0.4 is 5.32 Å². The minimum atomic E-state index is -0.900. The summed E-state index contributed by atoms with van der Waals surface area (Å²) in [6, 6.07) is 11.6. The van der Waals surface area contributed by atoms with Gasteiger partial charge in [-0.05, 0) is 30.7 Å². The lowest BCUT2D eigenvalue weighted by Gasteiger charge is -2.08. The minimum absolute atomic E-state index is 0.179. The molecular weight excluding hydrogens is 233 g/mol. The Labute approximate surface area is 104 Å². The second-order valence-electron chi connectivity index (χ2n) is 3.91. The molecule has 0 heterocycles. The fourth-order valence-electron chi connectivity index (χ4n) is 1.56. The van der Waals surface area contributed by atoms with E-state index in [-0.39, 0.29) is 5.56 Å². The van der Waals surface area contributed by atoms with Gasteiger partial charge in [0, 0.05) is 5.69 Å². The predicted molar refractivity (Wildman–Crippen MR) is 67.2 cm³/mol. The number of benzene rings is 2. The minimum Gasteiger partial charge on any atom is -0.505 e. The molecule has 3 nitrogen and oxygen atoms in total. The second kappa shape index (κ2) is 4.87. The van der Waals surface area contributed by atoms with Crippen LogP contribution in [0.3, 0.4) is 0 Å². The number of aromatic hydroxyl groups is 1. The topological polar surface area (TPSA) is 49.3 Å². The maximum Gasteiger partial charge on any atom is 0.258 e. The van der Waals surface area contributed by atoms with Crippen LogP contribution in [0.5, 0.6) is 5.75 Å². The maximum atomic E-state index is 13.7. The van der Waals surface area contributed by atoms with E-state index in [9.17, 15) is 14.3 Å². The third kappa shape index (κ3) is 2.32. The highest BCUT2D eigenvalue weighted by atomic mass is 19.1. The summed E-state index contributed by atoms with van der Waals surface area (Å²) < 4.78 is 13.7. The Morgan fingerprint density at radius 1 is 1.17 bits per heavy atom. The van der Waals surface area contributed by atoms with Gasteiger partial charge in [0.1, 0.15) is 0 Å². The summed E-state index contributed by atoms with van der Waals surface area (Å²) in [6.45, 7) is 1.57. The van der Waals surface area contributed by atoms with Gasteiger partial charge in [0.15, 0.2) is 11.6 Å². The molecule has 0 aromatic heterocycles. The number of halogens is 1. The highest BCUT2D eigenvalue weighted by Gasteiger charge is 2.16. The van der Waals surface area contributed by atoms with Crippen molar-refractivity contribution in [1.82, 2.24) is 0 Å². The molecule has 2 aromatic carbocycles. The second-order valence-corrected chi connectivity index (χ2v) is 3.91. The van der Waals surface area contributed by atoms with Gasteiger partial charge in [-0.1, -0.05) is 24.3 Å². The molecule has 0 aliphatic heterocycles. The lowest BCUT2D eigenvalue weighted by Crippen LogP contribution is -2.13. The fourth-order valence-corrected chi connectivity index (χ4v) is 1.56.